The lowest BCUT2D eigenvalue weighted by Crippen LogP contribution is -2.26. The van der Waals surface area contributed by atoms with E-state index in [1.165, 1.54) is 5.56 Å². The number of piperidine rings is 1. The Kier molecular flexibility index (Phi) is 3.13. The summed E-state index contributed by atoms with van der Waals surface area (Å²) in [6, 6.07) is 5.71. The molecule has 1 saturated heterocycles. The maximum Gasteiger partial charge on any atom is 0.250 e. The maximum atomic E-state index is 11.4. The molecule has 0 unspecified atom stereocenters. The first kappa shape index (κ1) is 12.0. The minimum absolute atomic E-state index is 0.445. The van der Waals surface area contributed by atoms with E-state index in [9.17, 15) is 4.79 Å². The lowest BCUT2D eigenvalue weighted by Gasteiger charge is -2.24. The van der Waals surface area contributed by atoms with Gasteiger partial charge in [0.1, 0.15) is 5.52 Å². The first-order valence-corrected chi connectivity index (χ1v) is 6.52. The van der Waals surface area contributed by atoms with Gasteiger partial charge in [-0.25, -0.2) is 0 Å². The molecule has 3 rings (SSSR count). The molecule has 0 spiro atoms. The first-order valence-electron chi connectivity index (χ1n) is 6.52. The van der Waals surface area contributed by atoms with Gasteiger partial charge in [0.25, 0.3) is 5.91 Å². The number of amides is 1. The molecule has 2 aromatic rings. The van der Waals surface area contributed by atoms with Gasteiger partial charge in [0.05, 0.1) is 11.8 Å². The molecule has 1 fully saturated rings. The van der Waals surface area contributed by atoms with E-state index in [2.05, 4.69) is 15.5 Å². The second kappa shape index (κ2) is 4.93. The van der Waals surface area contributed by atoms with Gasteiger partial charge in [-0.05, 0) is 49.5 Å². The van der Waals surface area contributed by atoms with Crippen LogP contribution in [0.3, 0.4) is 0 Å². The molecule has 0 atom stereocenters. The van der Waals surface area contributed by atoms with E-state index in [0.717, 1.165) is 31.3 Å². The molecule has 0 aliphatic carbocycles. The average molecular weight is 256 g/mol. The predicted octanol–water partition coefficient (Wildman–Crippen LogP) is 1.20. The summed E-state index contributed by atoms with van der Waals surface area (Å²) in [6.45, 7) is 2.06. The average Bonchev–Trinajstić information content (AvgIpc) is 2.47. The SMILES string of the molecule is NC(=O)c1ccc(C2CCNCC2)c2ccnnc12. The van der Waals surface area contributed by atoms with E-state index in [0.29, 0.717) is 17.0 Å². The molecular formula is C14H16N4O. The monoisotopic (exact) mass is 256 g/mol. The summed E-state index contributed by atoms with van der Waals surface area (Å²) in [4.78, 5) is 11.4. The number of fused-ring (bicyclic) bond motifs is 1. The highest BCUT2D eigenvalue weighted by Gasteiger charge is 2.19. The van der Waals surface area contributed by atoms with Crippen LogP contribution in [0.5, 0.6) is 0 Å². The van der Waals surface area contributed by atoms with Crippen LogP contribution in [0.2, 0.25) is 0 Å². The number of nitrogens with two attached hydrogens (primary N) is 1. The van der Waals surface area contributed by atoms with E-state index in [1.54, 1.807) is 12.3 Å². The fourth-order valence-electron chi connectivity index (χ4n) is 2.79. The Balaban J connectivity index is 2.15. The lowest BCUT2D eigenvalue weighted by atomic mass is 9.87. The van der Waals surface area contributed by atoms with Gasteiger partial charge in [0, 0.05) is 5.39 Å². The van der Waals surface area contributed by atoms with Crippen molar-refractivity contribution >= 4 is 16.8 Å². The van der Waals surface area contributed by atoms with Gasteiger partial charge < -0.3 is 11.1 Å². The Morgan fingerprint density at radius 2 is 2.05 bits per heavy atom. The summed E-state index contributed by atoms with van der Waals surface area (Å²) < 4.78 is 0. The van der Waals surface area contributed by atoms with Crippen LogP contribution >= 0.6 is 0 Å². The predicted molar refractivity (Wildman–Crippen MR) is 72.9 cm³/mol. The number of nitrogens with one attached hydrogen (secondary N) is 1. The Labute approximate surface area is 111 Å². The van der Waals surface area contributed by atoms with Crippen molar-refractivity contribution in [3.63, 3.8) is 0 Å². The Morgan fingerprint density at radius 1 is 1.26 bits per heavy atom. The van der Waals surface area contributed by atoms with E-state index in [4.69, 9.17) is 5.73 Å². The topological polar surface area (TPSA) is 80.9 Å². The van der Waals surface area contributed by atoms with Crippen molar-refractivity contribution in [2.75, 3.05) is 13.1 Å². The van der Waals surface area contributed by atoms with Gasteiger partial charge in [0.15, 0.2) is 0 Å². The minimum Gasteiger partial charge on any atom is -0.366 e. The molecule has 2 heterocycles. The van der Waals surface area contributed by atoms with E-state index in [1.807, 2.05) is 12.1 Å². The molecular weight excluding hydrogens is 240 g/mol. The van der Waals surface area contributed by atoms with Crippen LogP contribution < -0.4 is 11.1 Å². The third-order valence-corrected chi connectivity index (χ3v) is 3.76. The van der Waals surface area contributed by atoms with Gasteiger partial charge >= 0.3 is 0 Å². The standard InChI is InChI=1S/C14H16N4O/c15-14(19)12-2-1-10(9-3-6-16-7-4-9)11-5-8-17-18-13(11)12/h1-2,5,8-9,16H,3-4,6-7H2,(H2,15,19). The third kappa shape index (κ3) is 2.17. The van der Waals surface area contributed by atoms with Crippen LogP contribution in [0.15, 0.2) is 24.4 Å². The third-order valence-electron chi connectivity index (χ3n) is 3.76. The van der Waals surface area contributed by atoms with Crippen LogP contribution in [0.25, 0.3) is 10.9 Å². The maximum absolute atomic E-state index is 11.4. The molecule has 3 N–H and O–H groups in total. The largest absolute Gasteiger partial charge is 0.366 e. The lowest BCUT2D eigenvalue weighted by molar-refractivity contribution is 0.100. The molecule has 98 valence electrons. The Morgan fingerprint density at radius 3 is 2.79 bits per heavy atom. The smallest absolute Gasteiger partial charge is 0.250 e. The van der Waals surface area contributed by atoms with E-state index >= 15 is 0 Å². The quantitative estimate of drug-likeness (QED) is 0.846. The van der Waals surface area contributed by atoms with Crippen molar-refractivity contribution in [3.05, 3.63) is 35.5 Å². The molecule has 5 nitrogen and oxygen atoms in total. The van der Waals surface area contributed by atoms with Crippen molar-refractivity contribution in [1.29, 1.82) is 0 Å². The number of hydrogen-bond acceptors (Lipinski definition) is 4. The van der Waals surface area contributed by atoms with Crippen molar-refractivity contribution < 1.29 is 4.79 Å². The number of aromatic nitrogens is 2. The van der Waals surface area contributed by atoms with Crippen molar-refractivity contribution in [2.45, 2.75) is 18.8 Å². The number of benzene rings is 1. The molecule has 1 aromatic heterocycles. The number of nitrogens with zero attached hydrogens (tertiary/aromatic N) is 2. The van der Waals surface area contributed by atoms with Crippen LogP contribution in [0.4, 0.5) is 0 Å². The van der Waals surface area contributed by atoms with Crippen molar-refractivity contribution in [1.82, 2.24) is 15.5 Å². The highest BCUT2D eigenvalue weighted by Crippen LogP contribution is 2.31. The summed E-state index contributed by atoms with van der Waals surface area (Å²) in [5.74, 6) is 0.0530. The van der Waals surface area contributed by atoms with Crippen LogP contribution in [0, 0.1) is 0 Å². The molecule has 5 heteroatoms. The second-order valence-electron chi connectivity index (χ2n) is 4.88. The zero-order chi connectivity index (χ0) is 13.2. The highest BCUT2D eigenvalue weighted by molar-refractivity contribution is 6.05. The van der Waals surface area contributed by atoms with Gasteiger partial charge in [0.2, 0.25) is 0 Å². The van der Waals surface area contributed by atoms with E-state index in [-0.39, 0.29) is 0 Å². The van der Waals surface area contributed by atoms with Crippen LogP contribution in [-0.4, -0.2) is 29.2 Å². The van der Waals surface area contributed by atoms with Gasteiger partial charge in [-0.2, -0.15) is 5.10 Å². The normalized spacial score (nSPS) is 16.6. The van der Waals surface area contributed by atoms with Crippen molar-refractivity contribution in [3.8, 4) is 0 Å². The Bertz CT molecular complexity index is 620. The summed E-state index contributed by atoms with van der Waals surface area (Å²) in [6.07, 6.45) is 3.87. The van der Waals surface area contributed by atoms with E-state index < -0.39 is 5.91 Å². The summed E-state index contributed by atoms with van der Waals surface area (Å²) in [5, 5.41) is 12.3. The zero-order valence-electron chi connectivity index (χ0n) is 10.6. The van der Waals surface area contributed by atoms with Gasteiger partial charge in [-0.1, -0.05) is 6.07 Å². The first-order chi connectivity index (χ1) is 9.27. The molecule has 19 heavy (non-hydrogen) atoms. The fraction of sp³-hybridized carbons (Fsp3) is 0.357. The highest BCUT2D eigenvalue weighted by atomic mass is 16.1. The molecule has 0 saturated carbocycles. The fourth-order valence-corrected chi connectivity index (χ4v) is 2.79. The Hall–Kier alpha value is -2.01. The molecule has 0 bridgehead atoms. The number of primary amides is 1. The summed E-state index contributed by atoms with van der Waals surface area (Å²) in [5.41, 5.74) is 7.70. The molecule has 1 aliphatic heterocycles. The molecule has 1 aliphatic rings. The summed E-state index contributed by atoms with van der Waals surface area (Å²) in [7, 11) is 0. The number of carbonyl (C=O) groups excluding carboxylic acids is 1. The van der Waals surface area contributed by atoms with Gasteiger partial charge in [-0.15, -0.1) is 5.10 Å². The zero-order valence-corrected chi connectivity index (χ0v) is 10.6. The number of rotatable bonds is 2. The number of carbonyl (C=O) groups is 1. The molecule has 1 aromatic carbocycles. The van der Waals surface area contributed by atoms with Gasteiger partial charge in [-0.3, -0.25) is 4.79 Å². The van der Waals surface area contributed by atoms with Crippen molar-refractivity contribution in [2.24, 2.45) is 5.73 Å². The second-order valence-corrected chi connectivity index (χ2v) is 4.88. The number of hydrogen-bond donors (Lipinski definition) is 2. The summed E-state index contributed by atoms with van der Waals surface area (Å²) >= 11 is 0. The van der Waals surface area contributed by atoms with Crippen LogP contribution in [-0.2, 0) is 0 Å². The minimum atomic E-state index is -0.456. The molecule has 1 amide bonds. The molecule has 0 radical (unpaired) electrons. The van der Waals surface area contributed by atoms with Crippen LogP contribution in [0.1, 0.15) is 34.7 Å².